The standard InChI is InChI=1S/C22H24N2O5/c1-22(2,3)28-21(25)23-16-9-6-14(7-10-16)17-13-19(29-24-17)15-8-11-18(26-4)20(12-15)27-5/h6-13H,1-5H3,(H,23,25). The molecule has 0 saturated heterocycles. The van der Waals surface area contributed by atoms with E-state index in [4.69, 9.17) is 18.7 Å². The molecule has 3 aromatic rings. The minimum absolute atomic E-state index is 0.498. The van der Waals surface area contributed by atoms with Gasteiger partial charge >= 0.3 is 6.09 Å². The third kappa shape index (κ3) is 5.07. The first kappa shape index (κ1) is 20.3. The fraction of sp³-hybridized carbons (Fsp3) is 0.273. The molecule has 2 aromatic carbocycles. The summed E-state index contributed by atoms with van der Waals surface area (Å²) >= 11 is 0. The van der Waals surface area contributed by atoms with E-state index in [1.54, 1.807) is 26.4 Å². The van der Waals surface area contributed by atoms with Gasteiger partial charge in [-0.05, 0) is 51.1 Å². The summed E-state index contributed by atoms with van der Waals surface area (Å²) in [6.45, 7) is 5.45. The number of nitrogens with one attached hydrogen (secondary N) is 1. The van der Waals surface area contributed by atoms with E-state index in [0.29, 0.717) is 28.6 Å². The lowest BCUT2D eigenvalue weighted by atomic mass is 10.1. The van der Waals surface area contributed by atoms with Crippen LogP contribution >= 0.6 is 0 Å². The highest BCUT2D eigenvalue weighted by Gasteiger charge is 2.16. The van der Waals surface area contributed by atoms with Crippen LogP contribution in [0.4, 0.5) is 10.5 Å². The number of nitrogens with zero attached hydrogens (tertiary/aromatic N) is 1. The molecule has 0 bridgehead atoms. The van der Waals surface area contributed by atoms with Crippen LogP contribution in [0, 0.1) is 0 Å². The van der Waals surface area contributed by atoms with Gasteiger partial charge in [-0.15, -0.1) is 0 Å². The van der Waals surface area contributed by atoms with Gasteiger partial charge in [-0.2, -0.15) is 0 Å². The number of carbonyl (C=O) groups is 1. The number of benzene rings is 2. The smallest absolute Gasteiger partial charge is 0.412 e. The monoisotopic (exact) mass is 396 g/mol. The lowest BCUT2D eigenvalue weighted by Gasteiger charge is -2.19. The van der Waals surface area contributed by atoms with Crippen LogP contribution in [0.5, 0.6) is 11.5 Å². The Morgan fingerprint density at radius 3 is 2.21 bits per heavy atom. The Bertz CT molecular complexity index is 987. The first-order valence-electron chi connectivity index (χ1n) is 9.08. The SMILES string of the molecule is COc1ccc(-c2cc(-c3ccc(NC(=O)OC(C)(C)C)cc3)no2)cc1OC. The Labute approximate surface area is 169 Å². The van der Waals surface area contributed by atoms with Crippen LogP contribution in [-0.4, -0.2) is 31.1 Å². The predicted octanol–water partition coefficient (Wildman–Crippen LogP) is 5.37. The molecule has 7 heteroatoms. The molecule has 0 saturated carbocycles. The first-order valence-corrected chi connectivity index (χ1v) is 9.08. The molecular weight excluding hydrogens is 372 g/mol. The molecule has 7 nitrogen and oxygen atoms in total. The maximum absolute atomic E-state index is 11.9. The molecular formula is C22H24N2O5. The number of carbonyl (C=O) groups excluding carboxylic acids is 1. The van der Waals surface area contributed by atoms with Crippen molar-refractivity contribution in [2.75, 3.05) is 19.5 Å². The fourth-order valence-electron chi connectivity index (χ4n) is 2.68. The van der Waals surface area contributed by atoms with E-state index >= 15 is 0 Å². The third-order valence-corrected chi connectivity index (χ3v) is 4.00. The normalized spacial score (nSPS) is 11.1. The summed E-state index contributed by atoms with van der Waals surface area (Å²) < 4.78 is 21.3. The second-order valence-electron chi connectivity index (χ2n) is 7.35. The van der Waals surface area contributed by atoms with Gasteiger partial charge in [-0.3, -0.25) is 5.32 Å². The third-order valence-electron chi connectivity index (χ3n) is 4.00. The van der Waals surface area contributed by atoms with Crippen molar-refractivity contribution in [3.05, 3.63) is 48.5 Å². The zero-order chi connectivity index (χ0) is 21.0. The van der Waals surface area contributed by atoms with Crippen molar-refractivity contribution in [2.45, 2.75) is 26.4 Å². The van der Waals surface area contributed by atoms with Crippen molar-refractivity contribution in [3.8, 4) is 34.1 Å². The predicted molar refractivity (Wildman–Crippen MR) is 110 cm³/mol. The minimum Gasteiger partial charge on any atom is -0.493 e. The van der Waals surface area contributed by atoms with Gasteiger partial charge in [-0.1, -0.05) is 17.3 Å². The van der Waals surface area contributed by atoms with E-state index in [2.05, 4.69) is 10.5 Å². The zero-order valence-corrected chi connectivity index (χ0v) is 17.1. The molecule has 0 radical (unpaired) electrons. The number of hydrogen-bond acceptors (Lipinski definition) is 6. The summed E-state index contributed by atoms with van der Waals surface area (Å²) in [5.41, 5.74) is 2.44. The summed E-state index contributed by atoms with van der Waals surface area (Å²) in [5, 5.41) is 6.84. The summed E-state index contributed by atoms with van der Waals surface area (Å²) in [6.07, 6.45) is -0.498. The number of aromatic nitrogens is 1. The molecule has 0 aliphatic carbocycles. The van der Waals surface area contributed by atoms with Gasteiger partial charge in [0, 0.05) is 22.9 Å². The van der Waals surface area contributed by atoms with E-state index in [1.807, 2.05) is 57.2 Å². The average molecular weight is 396 g/mol. The molecule has 0 aliphatic rings. The van der Waals surface area contributed by atoms with Crippen molar-refractivity contribution < 1.29 is 23.5 Å². The summed E-state index contributed by atoms with van der Waals surface area (Å²) in [6, 6.07) is 14.6. The van der Waals surface area contributed by atoms with Crippen LogP contribution in [0.15, 0.2) is 53.1 Å². The first-order chi connectivity index (χ1) is 13.8. The molecule has 0 aliphatic heterocycles. The molecule has 0 spiro atoms. The second-order valence-corrected chi connectivity index (χ2v) is 7.35. The highest BCUT2D eigenvalue weighted by atomic mass is 16.6. The van der Waals surface area contributed by atoms with E-state index in [9.17, 15) is 4.79 Å². The molecule has 0 fully saturated rings. The highest BCUT2D eigenvalue weighted by Crippen LogP contribution is 2.34. The van der Waals surface area contributed by atoms with Crippen LogP contribution in [-0.2, 0) is 4.74 Å². The lowest BCUT2D eigenvalue weighted by Crippen LogP contribution is -2.27. The number of anilines is 1. The molecule has 29 heavy (non-hydrogen) atoms. The highest BCUT2D eigenvalue weighted by molar-refractivity contribution is 5.85. The van der Waals surface area contributed by atoms with Gasteiger partial charge in [0.1, 0.15) is 11.3 Å². The maximum Gasteiger partial charge on any atom is 0.412 e. The Morgan fingerprint density at radius 1 is 0.931 bits per heavy atom. The van der Waals surface area contributed by atoms with E-state index in [-0.39, 0.29) is 0 Å². The van der Waals surface area contributed by atoms with Gasteiger partial charge in [0.25, 0.3) is 0 Å². The lowest BCUT2D eigenvalue weighted by molar-refractivity contribution is 0.0636. The molecule has 152 valence electrons. The molecule has 0 unspecified atom stereocenters. The number of methoxy groups -OCH3 is 2. The van der Waals surface area contributed by atoms with Crippen LogP contribution < -0.4 is 14.8 Å². The van der Waals surface area contributed by atoms with E-state index in [0.717, 1.165) is 11.1 Å². The number of rotatable bonds is 5. The Kier molecular flexibility index (Phi) is 5.77. The topological polar surface area (TPSA) is 82.8 Å². The molecule has 1 N–H and O–H groups in total. The quantitative estimate of drug-likeness (QED) is 0.624. The van der Waals surface area contributed by atoms with Crippen molar-refractivity contribution in [1.29, 1.82) is 0 Å². The second kappa shape index (κ2) is 8.26. The summed E-state index contributed by atoms with van der Waals surface area (Å²) in [5.74, 6) is 1.86. The molecule has 1 heterocycles. The van der Waals surface area contributed by atoms with Crippen molar-refractivity contribution in [1.82, 2.24) is 5.16 Å². The fourth-order valence-corrected chi connectivity index (χ4v) is 2.68. The maximum atomic E-state index is 11.9. The van der Waals surface area contributed by atoms with E-state index in [1.165, 1.54) is 0 Å². The van der Waals surface area contributed by atoms with Crippen LogP contribution in [0.25, 0.3) is 22.6 Å². The number of hydrogen-bond donors (Lipinski definition) is 1. The van der Waals surface area contributed by atoms with Gasteiger partial charge in [0.05, 0.1) is 14.2 Å². The number of amides is 1. The Hall–Kier alpha value is -3.48. The molecule has 1 aromatic heterocycles. The largest absolute Gasteiger partial charge is 0.493 e. The van der Waals surface area contributed by atoms with Crippen LogP contribution in [0.2, 0.25) is 0 Å². The number of ether oxygens (including phenoxy) is 3. The van der Waals surface area contributed by atoms with Crippen molar-refractivity contribution in [2.24, 2.45) is 0 Å². The average Bonchev–Trinajstić information content (AvgIpc) is 3.16. The summed E-state index contributed by atoms with van der Waals surface area (Å²) in [4.78, 5) is 11.9. The minimum atomic E-state index is -0.550. The molecule has 3 rings (SSSR count). The van der Waals surface area contributed by atoms with Gasteiger partial charge in [0.2, 0.25) is 0 Å². The van der Waals surface area contributed by atoms with Crippen LogP contribution in [0.1, 0.15) is 20.8 Å². The van der Waals surface area contributed by atoms with Gasteiger partial charge in [0.15, 0.2) is 17.3 Å². The summed E-state index contributed by atoms with van der Waals surface area (Å²) in [7, 11) is 3.17. The van der Waals surface area contributed by atoms with E-state index < -0.39 is 11.7 Å². The van der Waals surface area contributed by atoms with Crippen molar-refractivity contribution in [3.63, 3.8) is 0 Å². The molecule has 0 atom stereocenters. The Morgan fingerprint density at radius 2 is 1.59 bits per heavy atom. The van der Waals surface area contributed by atoms with Gasteiger partial charge in [-0.25, -0.2) is 4.79 Å². The molecule has 1 amide bonds. The van der Waals surface area contributed by atoms with Gasteiger partial charge < -0.3 is 18.7 Å². The zero-order valence-electron chi connectivity index (χ0n) is 17.1. The van der Waals surface area contributed by atoms with Crippen LogP contribution in [0.3, 0.4) is 0 Å². The van der Waals surface area contributed by atoms with Crippen molar-refractivity contribution >= 4 is 11.8 Å². The Balaban J connectivity index is 1.74.